The van der Waals surface area contributed by atoms with Gasteiger partial charge in [-0.05, 0) is 19.4 Å². The summed E-state index contributed by atoms with van der Waals surface area (Å²) in [7, 11) is 0. The van der Waals surface area contributed by atoms with Crippen LogP contribution in [0.25, 0.3) is 0 Å². The maximum atomic E-state index is 5.45. The molecule has 0 fully saturated rings. The number of hydrogen-bond acceptors (Lipinski definition) is 4. The summed E-state index contributed by atoms with van der Waals surface area (Å²) in [4.78, 5) is 0. The standard InChI is InChI=1S/C10H19N3O/c1-2-3-4-6-9-12-13-10(14-9)7-5-8-11/h2-8,11H2,1H3. The van der Waals surface area contributed by atoms with Crippen LogP contribution in [0.4, 0.5) is 0 Å². The minimum absolute atomic E-state index is 0.674. The van der Waals surface area contributed by atoms with Crippen molar-refractivity contribution >= 4 is 0 Å². The first kappa shape index (κ1) is 11.2. The molecule has 0 aromatic carbocycles. The zero-order chi connectivity index (χ0) is 10.2. The number of nitrogens with zero attached hydrogens (tertiary/aromatic N) is 2. The Labute approximate surface area is 84.9 Å². The Morgan fingerprint density at radius 3 is 2.29 bits per heavy atom. The highest BCUT2D eigenvalue weighted by Crippen LogP contribution is 2.06. The van der Waals surface area contributed by atoms with Crippen LogP contribution in [0.15, 0.2) is 4.42 Å². The smallest absolute Gasteiger partial charge is 0.216 e. The van der Waals surface area contributed by atoms with Crippen LogP contribution in [0, 0.1) is 0 Å². The first-order valence-corrected chi connectivity index (χ1v) is 5.38. The van der Waals surface area contributed by atoms with Gasteiger partial charge in [0.1, 0.15) is 0 Å². The molecule has 0 unspecified atom stereocenters. The van der Waals surface area contributed by atoms with Crippen molar-refractivity contribution in [1.29, 1.82) is 0 Å². The fraction of sp³-hybridized carbons (Fsp3) is 0.800. The molecule has 0 aliphatic rings. The van der Waals surface area contributed by atoms with Crippen LogP contribution in [0.2, 0.25) is 0 Å². The van der Waals surface area contributed by atoms with Gasteiger partial charge in [0.15, 0.2) is 0 Å². The summed E-state index contributed by atoms with van der Waals surface area (Å²) in [6.07, 6.45) is 6.20. The van der Waals surface area contributed by atoms with Crippen molar-refractivity contribution in [2.75, 3.05) is 6.54 Å². The van der Waals surface area contributed by atoms with E-state index in [2.05, 4.69) is 17.1 Å². The normalized spacial score (nSPS) is 10.7. The Morgan fingerprint density at radius 1 is 1.07 bits per heavy atom. The molecule has 1 rings (SSSR count). The summed E-state index contributed by atoms with van der Waals surface area (Å²) in [6.45, 7) is 2.86. The number of aryl methyl sites for hydroxylation is 2. The van der Waals surface area contributed by atoms with Gasteiger partial charge >= 0.3 is 0 Å². The highest BCUT2D eigenvalue weighted by molar-refractivity contribution is 4.82. The van der Waals surface area contributed by atoms with Gasteiger partial charge < -0.3 is 10.2 Å². The molecule has 1 aromatic rings. The van der Waals surface area contributed by atoms with Gasteiger partial charge in [0.05, 0.1) is 0 Å². The lowest BCUT2D eigenvalue weighted by molar-refractivity contribution is 0.438. The van der Waals surface area contributed by atoms with Crippen LogP contribution in [-0.2, 0) is 12.8 Å². The second-order valence-electron chi connectivity index (χ2n) is 3.44. The molecule has 0 atom stereocenters. The Bertz CT molecular complexity index is 247. The van der Waals surface area contributed by atoms with Crippen molar-refractivity contribution in [2.45, 2.75) is 45.4 Å². The van der Waals surface area contributed by atoms with Crippen molar-refractivity contribution < 1.29 is 4.42 Å². The zero-order valence-electron chi connectivity index (χ0n) is 8.83. The molecule has 80 valence electrons. The fourth-order valence-corrected chi connectivity index (χ4v) is 1.27. The molecule has 14 heavy (non-hydrogen) atoms. The van der Waals surface area contributed by atoms with Gasteiger partial charge in [-0.2, -0.15) is 0 Å². The van der Waals surface area contributed by atoms with Crippen molar-refractivity contribution in [2.24, 2.45) is 5.73 Å². The van der Waals surface area contributed by atoms with Gasteiger partial charge in [-0.15, -0.1) is 10.2 Å². The van der Waals surface area contributed by atoms with E-state index in [9.17, 15) is 0 Å². The molecule has 4 nitrogen and oxygen atoms in total. The lowest BCUT2D eigenvalue weighted by Gasteiger charge is -1.93. The molecule has 2 N–H and O–H groups in total. The molecule has 0 saturated heterocycles. The van der Waals surface area contributed by atoms with Crippen LogP contribution in [0.1, 0.15) is 44.4 Å². The minimum Gasteiger partial charge on any atom is -0.425 e. The molecular weight excluding hydrogens is 178 g/mol. The highest BCUT2D eigenvalue weighted by atomic mass is 16.4. The summed E-state index contributed by atoms with van der Waals surface area (Å²) in [5, 5.41) is 7.94. The van der Waals surface area contributed by atoms with Gasteiger partial charge in [0, 0.05) is 12.8 Å². The summed E-state index contributed by atoms with van der Waals surface area (Å²) in [5.74, 6) is 1.49. The second kappa shape index (κ2) is 6.54. The lowest BCUT2D eigenvalue weighted by atomic mass is 10.2. The van der Waals surface area contributed by atoms with E-state index in [1.807, 2.05) is 0 Å². The third-order valence-corrected chi connectivity index (χ3v) is 2.10. The first-order chi connectivity index (χ1) is 6.86. The number of unbranched alkanes of at least 4 members (excludes halogenated alkanes) is 2. The van der Waals surface area contributed by atoms with E-state index in [-0.39, 0.29) is 0 Å². The fourth-order valence-electron chi connectivity index (χ4n) is 1.27. The van der Waals surface area contributed by atoms with Gasteiger partial charge in [-0.3, -0.25) is 0 Å². The van der Waals surface area contributed by atoms with Gasteiger partial charge in [0.2, 0.25) is 11.8 Å². The van der Waals surface area contributed by atoms with E-state index in [0.29, 0.717) is 6.54 Å². The quantitative estimate of drug-likeness (QED) is 0.675. The molecule has 0 amide bonds. The molecule has 0 bridgehead atoms. The Hall–Kier alpha value is -0.900. The summed E-state index contributed by atoms with van der Waals surface area (Å²) < 4.78 is 5.45. The molecule has 0 saturated carbocycles. The topological polar surface area (TPSA) is 64.9 Å². The third-order valence-electron chi connectivity index (χ3n) is 2.10. The SMILES string of the molecule is CCCCCc1nnc(CCCN)o1. The van der Waals surface area contributed by atoms with Gasteiger partial charge in [-0.1, -0.05) is 19.8 Å². The van der Waals surface area contributed by atoms with Crippen LogP contribution < -0.4 is 5.73 Å². The average Bonchev–Trinajstić information content (AvgIpc) is 2.63. The molecule has 0 spiro atoms. The largest absolute Gasteiger partial charge is 0.425 e. The molecule has 0 aliphatic heterocycles. The van der Waals surface area contributed by atoms with Crippen molar-refractivity contribution in [3.63, 3.8) is 0 Å². The first-order valence-electron chi connectivity index (χ1n) is 5.38. The maximum absolute atomic E-state index is 5.45. The van der Waals surface area contributed by atoms with Crippen molar-refractivity contribution in [1.82, 2.24) is 10.2 Å². The number of rotatable bonds is 7. The summed E-state index contributed by atoms with van der Waals surface area (Å²) in [6, 6.07) is 0. The van der Waals surface area contributed by atoms with Crippen LogP contribution in [0.3, 0.4) is 0 Å². The van der Waals surface area contributed by atoms with Crippen LogP contribution in [0.5, 0.6) is 0 Å². The van der Waals surface area contributed by atoms with Gasteiger partial charge in [0.25, 0.3) is 0 Å². The third kappa shape index (κ3) is 3.87. The van der Waals surface area contributed by atoms with E-state index >= 15 is 0 Å². The average molecular weight is 197 g/mol. The number of aromatic nitrogens is 2. The lowest BCUT2D eigenvalue weighted by Crippen LogP contribution is -2.00. The molecule has 4 heteroatoms. The zero-order valence-corrected chi connectivity index (χ0v) is 8.83. The van der Waals surface area contributed by atoms with E-state index in [1.165, 1.54) is 12.8 Å². The van der Waals surface area contributed by atoms with E-state index in [1.54, 1.807) is 0 Å². The van der Waals surface area contributed by atoms with E-state index in [0.717, 1.165) is 37.5 Å². The van der Waals surface area contributed by atoms with Crippen LogP contribution in [-0.4, -0.2) is 16.7 Å². The number of nitrogens with two attached hydrogens (primary N) is 1. The molecule has 0 radical (unpaired) electrons. The Balaban J connectivity index is 2.27. The van der Waals surface area contributed by atoms with E-state index in [4.69, 9.17) is 10.2 Å². The predicted molar refractivity (Wildman–Crippen MR) is 54.9 cm³/mol. The van der Waals surface area contributed by atoms with Crippen LogP contribution >= 0.6 is 0 Å². The Morgan fingerprint density at radius 2 is 1.71 bits per heavy atom. The Kier molecular flexibility index (Phi) is 5.22. The van der Waals surface area contributed by atoms with Crippen molar-refractivity contribution in [3.05, 3.63) is 11.8 Å². The molecule has 1 aromatic heterocycles. The number of hydrogen-bond donors (Lipinski definition) is 1. The monoisotopic (exact) mass is 197 g/mol. The molecular formula is C10H19N3O. The second-order valence-corrected chi connectivity index (χ2v) is 3.44. The molecule has 0 aliphatic carbocycles. The highest BCUT2D eigenvalue weighted by Gasteiger charge is 2.04. The van der Waals surface area contributed by atoms with Crippen molar-refractivity contribution in [3.8, 4) is 0 Å². The van der Waals surface area contributed by atoms with E-state index < -0.39 is 0 Å². The van der Waals surface area contributed by atoms with Gasteiger partial charge in [-0.25, -0.2) is 0 Å². The summed E-state index contributed by atoms with van der Waals surface area (Å²) >= 11 is 0. The maximum Gasteiger partial charge on any atom is 0.216 e. The molecule has 1 heterocycles. The summed E-state index contributed by atoms with van der Waals surface area (Å²) in [5.41, 5.74) is 5.39. The minimum atomic E-state index is 0.674. The predicted octanol–water partition coefficient (Wildman–Crippen LogP) is 1.69.